The van der Waals surface area contributed by atoms with Gasteiger partial charge in [0, 0.05) is 31.7 Å². The zero-order chi connectivity index (χ0) is 24.4. The number of hydrogen-bond acceptors (Lipinski definition) is 8. The SMILES string of the molecule is COc1ccc([C@@H]2C(=C(O)c3ccc4c(c3)OCCO4)C(=O)C(=O)N2CCN2CCOCC2)cc1. The highest BCUT2D eigenvalue weighted by molar-refractivity contribution is 6.46. The van der Waals surface area contributed by atoms with Crippen LogP contribution in [-0.2, 0) is 14.3 Å². The van der Waals surface area contributed by atoms with Crippen LogP contribution in [0.5, 0.6) is 17.2 Å². The summed E-state index contributed by atoms with van der Waals surface area (Å²) >= 11 is 0. The van der Waals surface area contributed by atoms with Gasteiger partial charge in [-0.15, -0.1) is 0 Å². The topological polar surface area (TPSA) is 97.8 Å². The number of amides is 1. The van der Waals surface area contributed by atoms with Crippen molar-refractivity contribution in [2.75, 3.05) is 59.7 Å². The van der Waals surface area contributed by atoms with Crippen LogP contribution in [0.2, 0.25) is 0 Å². The summed E-state index contributed by atoms with van der Waals surface area (Å²) in [6.07, 6.45) is 0. The number of benzene rings is 2. The van der Waals surface area contributed by atoms with Gasteiger partial charge in [0.1, 0.15) is 24.7 Å². The molecule has 3 aliphatic rings. The highest BCUT2D eigenvalue weighted by atomic mass is 16.6. The highest BCUT2D eigenvalue weighted by Crippen LogP contribution is 2.41. The molecule has 0 bridgehead atoms. The van der Waals surface area contributed by atoms with Crippen LogP contribution < -0.4 is 14.2 Å². The van der Waals surface area contributed by atoms with E-state index in [1.165, 1.54) is 0 Å². The third kappa shape index (κ3) is 4.56. The number of rotatable bonds is 6. The lowest BCUT2D eigenvalue weighted by atomic mass is 9.95. The molecule has 2 fully saturated rings. The standard InChI is InChI=1S/C26H28N2O7/c1-32-19-5-2-17(3-6-19)23-22(24(29)18-4-7-20-21(16-18)35-15-14-34-20)25(30)26(31)28(23)9-8-27-10-12-33-13-11-27/h2-7,16,23,29H,8-15H2,1H3/t23-/m1/s1. The summed E-state index contributed by atoms with van der Waals surface area (Å²) in [5.74, 6) is 0.146. The second kappa shape index (κ2) is 9.97. The van der Waals surface area contributed by atoms with E-state index in [2.05, 4.69) is 4.90 Å². The Hall–Kier alpha value is -3.56. The first kappa shape index (κ1) is 23.2. The van der Waals surface area contributed by atoms with Crippen LogP contribution in [-0.4, -0.2) is 86.3 Å². The number of ether oxygens (including phenoxy) is 4. The van der Waals surface area contributed by atoms with Crippen molar-refractivity contribution in [3.8, 4) is 17.2 Å². The fourth-order valence-electron chi connectivity index (χ4n) is 4.66. The Morgan fingerprint density at radius 1 is 0.971 bits per heavy atom. The quantitative estimate of drug-likeness (QED) is 0.382. The van der Waals surface area contributed by atoms with Crippen molar-refractivity contribution in [2.45, 2.75) is 6.04 Å². The maximum atomic E-state index is 13.3. The van der Waals surface area contributed by atoms with E-state index in [1.807, 2.05) is 12.1 Å². The minimum Gasteiger partial charge on any atom is -0.507 e. The van der Waals surface area contributed by atoms with Gasteiger partial charge in [0.2, 0.25) is 0 Å². The molecule has 0 aliphatic carbocycles. The van der Waals surface area contributed by atoms with Gasteiger partial charge in [0.05, 0.1) is 31.9 Å². The average molecular weight is 481 g/mol. The van der Waals surface area contributed by atoms with Crippen LogP contribution in [0, 0.1) is 0 Å². The molecule has 35 heavy (non-hydrogen) atoms. The van der Waals surface area contributed by atoms with E-state index >= 15 is 0 Å². The number of fused-ring (bicyclic) bond motifs is 1. The number of ketones is 1. The van der Waals surface area contributed by atoms with Crippen LogP contribution in [0.4, 0.5) is 0 Å². The molecule has 3 aliphatic heterocycles. The molecule has 0 aromatic heterocycles. The summed E-state index contributed by atoms with van der Waals surface area (Å²) in [5.41, 5.74) is 1.16. The molecule has 9 nitrogen and oxygen atoms in total. The molecule has 0 unspecified atom stereocenters. The van der Waals surface area contributed by atoms with E-state index in [9.17, 15) is 14.7 Å². The Balaban J connectivity index is 1.53. The number of carbonyl (C=O) groups is 2. The number of carbonyl (C=O) groups excluding carboxylic acids is 2. The Morgan fingerprint density at radius 3 is 2.40 bits per heavy atom. The first-order valence-electron chi connectivity index (χ1n) is 11.7. The van der Waals surface area contributed by atoms with Crippen molar-refractivity contribution in [2.24, 2.45) is 0 Å². The number of Topliss-reactive ketones (excluding diaryl/α,β-unsaturated/α-hetero) is 1. The predicted molar refractivity (Wildman–Crippen MR) is 127 cm³/mol. The predicted octanol–water partition coefficient (Wildman–Crippen LogP) is 2.22. The molecule has 5 rings (SSSR count). The monoisotopic (exact) mass is 480 g/mol. The number of aliphatic hydroxyl groups is 1. The zero-order valence-corrected chi connectivity index (χ0v) is 19.6. The van der Waals surface area contributed by atoms with E-state index < -0.39 is 17.7 Å². The second-order valence-corrected chi connectivity index (χ2v) is 8.58. The molecule has 2 aromatic rings. The molecule has 2 saturated heterocycles. The number of hydrogen-bond donors (Lipinski definition) is 1. The van der Waals surface area contributed by atoms with E-state index in [4.69, 9.17) is 18.9 Å². The molecule has 0 spiro atoms. The molecule has 1 N–H and O–H groups in total. The molecule has 3 heterocycles. The second-order valence-electron chi connectivity index (χ2n) is 8.58. The van der Waals surface area contributed by atoms with Crippen molar-refractivity contribution in [3.05, 3.63) is 59.2 Å². The number of aliphatic hydroxyl groups excluding tert-OH is 1. The summed E-state index contributed by atoms with van der Waals surface area (Å²) in [6, 6.07) is 11.5. The van der Waals surface area contributed by atoms with Gasteiger partial charge in [-0.05, 0) is 35.9 Å². The summed E-state index contributed by atoms with van der Waals surface area (Å²) in [7, 11) is 1.57. The van der Waals surface area contributed by atoms with Crippen LogP contribution in [0.25, 0.3) is 5.76 Å². The molecule has 1 amide bonds. The van der Waals surface area contributed by atoms with Gasteiger partial charge < -0.3 is 29.0 Å². The largest absolute Gasteiger partial charge is 0.507 e. The van der Waals surface area contributed by atoms with Crippen molar-refractivity contribution < 1.29 is 33.6 Å². The van der Waals surface area contributed by atoms with Gasteiger partial charge in [-0.1, -0.05) is 12.1 Å². The maximum Gasteiger partial charge on any atom is 0.295 e. The van der Waals surface area contributed by atoms with Gasteiger partial charge >= 0.3 is 0 Å². The van der Waals surface area contributed by atoms with Gasteiger partial charge in [-0.25, -0.2) is 0 Å². The van der Waals surface area contributed by atoms with Crippen molar-refractivity contribution in [3.63, 3.8) is 0 Å². The van der Waals surface area contributed by atoms with Crippen LogP contribution >= 0.6 is 0 Å². The Morgan fingerprint density at radius 2 is 1.69 bits per heavy atom. The Kier molecular flexibility index (Phi) is 6.61. The van der Waals surface area contributed by atoms with Crippen LogP contribution in [0.15, 0.2) is 48.0 Å². The lowest BCUT2D eigenvalue weighted by Crippen LogP contribution is -2.42. The minimum absolute atomic E-state index is 0.0545. The lowest BCUT2D eigenvalue weighted by molar-refractivity contribution is -0.140. The van der Waals surface area contributed by atoms with E-state index in [0.29, 0.717) is 67.9 Å². The summed E-state index contributed by atoms with van der Waals surface area (Å²) in [5, 5.41) is 11.3. The summed E-state index contributed by atoms with van der Waals surface area (Å²) in [4.78, 5) is 30.2. The van der Waals surface area contributed by atoms with Crippen LogP contribution in [0.1, 0.15) is 17.2 Å². The van der Waals surface area contributed by atoms with Crippen LogP contribution in [0.3, 0.4) is 0 Å². The molecule has 0 saturated carbocycles. The number of methoxy groups -OCH3 is 1. The van der Waals surface area contributed by atoms with Gasteiger partial charge in [-0.3, -0.25) is 14.5 Å². The fraction of sp³-hybridized carbons (Fsp3) is 0.385. The fourth-order valence-corrected chi connectivity index (χ4v) is 4.66. The molecule has 1 atom stereocenters. The minimum atomic E-state index is -0.727. The number of nitrogens with zero attached hydrogens (tertiary/aromatic N) is 2. The van der Waals surface area contributed by atoms with E-state index in [0.717, 1.165) is 13.1 Å². The van der Waals surface area contributed by atoms with E-state index in [1.54, 1.807) is 42.3 Å². The summed E-state index contributed by atoms with van der Waals surface area (Å²) in [6.45, 7) is 4.63. The lowest BCUT2D eigenvalue weighted by Gasteiger charge is -2.31. The highest BCUT2D eigenvalue weighted by Gasteiger charge is 2.46. The number of morpholine rings is 1. The van der Waals surface area contributed by atoms with Gasteiger partial charge in [-0.2, -0.15) is 0 Å². The first-order valence-corrected chi connectivity index (χ1v) is 11.7. The van der Waals surface area contributed by atoms with Crippen molar-refractivity contribution >= 4 is 17.4 Å². The van der Waals surface area contributed by atoms with Gasteiger partial charge in [0.15, 0.2) is 11.5 Å². The van der Waals surface area contributed by atoms with Crippen molar-refractivity contribution in [1.82, 2.24) is 9.80 Å². The zero-order valence-electron chi connectivity index (χ0n) is 19.6. The molecule has 184 valence electrons. The summed E-state index contributed by atoms with van der Waals surface area (Å²) < 4.78 is 21.9. The smallest absolute Gasteiger partial charge is 0.295 e. The third-order valence-corrected chi connectivity index (χ3v) is 6.55. The molecule has 0 radical (unpaired) electrons. The van der Waals surface area contributed by atoms with E-state index in [-0.39, 0.29) is 11.3 Å². The Labute approximate surface area is 203 Å². The van der Waals surface area contributed by atoms with Crippen molar-refractivity contribution in [1.29, 1.82) is 0 Å². The molecule has 9 heteroatoms. The Bertz CT molecular complexity index is 1140. The van der Waals surface area contributed by atoms with Gasteiger partial charge in [0.25, 0.3) is 11.7 Å². The molecular weight excluding hydrogens is 452 g/mol. The normalized spacial score (nSPS) is 21.9. The average Bonchev–Trinajstić information content (AvgIpc) is 3.16. The first-order chi connectivity index (χ1) is 17.1. The molecular formula is C26H28N2O7. The number of likely N-dealkylation sites (tertiary alicyclic amines) is 1. The third-order valence-electron chi connectivity index (χ3n) is 6.55. The molecule has 2 aromatic carbocycles. The maximum absolute atomic E-state index is 13.3.